The zero-order valence-corrected chi connectivity index (χ0v) is 16.2. The molecule has 1 N–H and O–H groups in total. The van der Waals surface area contributed by atoms with Crippen LogP contribution in [-0.2, 0) is 22.4 Å². The van der Waals surface area contributed by atoms with E-state index in [2.05, 4.69) is 10.3 Å². The van der Waals surface area contributed by atoms with Gasteiger partial charge in [0.15, 0.2) is 0 Å². The smallest absolute Gasteiger partial charge is 0.226 e. The molecule has 0 bridgehead atoms. The van der Waals surface area contributed by atoms with E-state index in [-0.39, 0.29) is 17.6 Å². The van der Waals surface area contributed by atoms with Gasteiger partial charge >= 0.3 is 0 Å². The molecule has 1 aromatic carbocycles. The van der Waals surface area contributed by atoms with Gasteiger partial charge in [0.25, 0.3) is 0 Å². The van der Waals surface area contributed by atoms with Gasteiger partial charge in [0.2, 0.25) is 11.8 Å². The number of pyridine rings is 1. The van der Waals surface area contributed by atoms with Crippen LogP contribution in [-0.4, -0.2) is 34.8 Å². The van der Waals surface area contributed by atoms with Gasteiger partial charge in [-0.15, -0.1) is 0 Å². The number of aryl methyl sites for hydroxylation is 1. The van der Waals surface area contributed by atoms with Crippen molar-refractivity contribution in [3.8, 4) is 0 Å². The summed E-state index contributed by atoms with van der Waals surface area (Å²) < 4.78 is 13.0. The fourth-order valence-electron chi connectivity index (χ4n) is 3.61. The Labute approximate surface area is 165 Å². The largest absolute Gasteiger partial charge is 0.342 e. The van der Waals surface area contributed by atoms with Gasteiger partial charge in [-0.3, -0.25) is 9.59 Å². The quantitative estimate of drug-likeness (QED) is 0.829. The van der Waals surface area contributed by atoms with Crippen LogP contribution >= 0.6 is 0 Å². The van der Waals surface area contributed by atoms with Crippen LogP contribution in [0.2, 0.25) is 0 Å². The first kappa shape index (κ1) is 20.0. The van der Waals surface area contributed by atoms with Crippen molar-refractivity contribution in [2.45, 2.75) is 39.0 Å². The third kappa shape index (κ3) is 5.87. The van der Waals surface area contributed by atoms with E-state index in [0.29, 0.717) is 18.2 Å². The molecule has 2 heterocycles. The van der Waals surface area contributed by atoms with Crippen molar-refractivity contribution in [1.29, 1.82) is 0 Å². The molecule has 0 unspecified atom stereocenters. The Hall–Kier alpha value is -2.76. The number of aromatic nitrogens is 1. The number of rotatable bonds is 6. The van der Waals surface area contributed by atoms with Crippen LogP contribution in [0.3, 0.4) is 0 Å². The molecular weight excluding hydrogens is 357 g/mol. The predicted octanol–water partition coefficient (Wildman–Crippen LogP) is 3.59. The Morgan fingerprint density at radius 2 is 1.86 bits per heavy atom. The lowest BCUT2D eigenvalue weighted by Crippen LogP contribution is -2.39. The van der Waals surface area contributed by atoms with E-state index in [1.54, 1.807) is 18.3 Å². The molecule has 0 spiro atoms. The maximum Gasteiger partial charge on any atom is 0.226 e. The fourth-order valence-corrected chi connectivity index (χ4v) is 3.61. The van der Waals surface area contributed by atoms with E-state index in [1.165, 1.54) is 19.1 Å². The predicted molar refractivity (Wildman–Crippen MR) is 106 cm³/mol. The molecule has 5 nitrogen and oxygen atoms in total. The number of anilines is 1. The monoisotopic (exact) mass is 383 g/mol. The van der Waals surface area contributed by atoms with Crippen LogP contribution in [0, 0.1) is 11.7 Å². The lowest BCUT2D eigenvalue weighted by Gasteiger charge is -2.32. The lowest BCUT2D eigenvalue weighted by atomic mass is 9.90. The van der Waals surface area contributed by atoms with Crippen LogP contribution in [0.1, 0.15) is 37.3 Å². The number of carbonyl (C=O) groups is 2. The molecule has 1 aliphatic heterocycles. The molecule has 0 atom stereocenters. The maximum atomic E-state index is 13.0. The third-order valence-electron chi connectivity index (χ3n) is 5.21. The topological polar surface area (TPSA) is 62.3 Å². The number of likely N-dealkylation sites (tertiary alicyclic amines) is 1. The molecule has 1 aliphatic rings. The number of halogens is 1. The fraction of sp³-hybridized carbons (Fsp3) is 0.409. The molecule has 6 heteroatoms. The summed E-state index contributed by atoms with van der Waals surface area (Å²) in [6.07, 6.45) is 6.04. The Morgan fingerprint density at radius 3 is 2.54 bits per heavy atom. The summed E-state index contributed by atoms with van der Waals surface area (Å²) in [4.78, 5) is 29.7. The van der Waals surface area contributed by atoms with E-state index >= 15 is 0 Å². The molecular formula is C22H26FN3O2. The standard InChI is InChI=1S/C22H26FN3O2/c1-16(27)25-21-14-19(8-11-24-21)3-2-17-9-12-26(13-10-17)22(28)15-18-4-6-20(23)7-5-18/h4-8,11,14,17H,2-3,9-10,12-13,15H2,1H3,(H,24,25,27). The number of piperidine rings is 1. The molecule has 0 radical (unpaired) electrons. The van der Waals surface area contributed by atoms with Crippen molar-refractivity contribution in [3.05, 3.63) is 59.5 Å². The molecule has 1 saturated heterocycles. The summed E-state index contributed by atoms with van der Waals surface area (Å²) in [7, 11) is 0. The van der Waals surface area contributed by atoms with Crippen molar-refractivity contribution in [2.75, 3.05) is 18.4 Å². The highest BCUT2D eigenvalue weighted by Gasteiger charge is 2.22. The minimum absolute atomic E-state index is 0.110. The summed E-state index contributed by atoms with van der Waals surface area (Å²) in [6.45, 7) is 3.02. The van der Waals surface area contributed by atoms with Crippen LogP contribution in [0.5, 0.6) is 0 Å². The van der Waals surface area contributed by atoms with Gasteiger partial charge < -0.3 is 10.2 Å². The van der Waals surface area contributed by atoms with Crippen LogP contribution < -0.4 is 5.32 Å². The minimum Gasteiger partial charge on any atom is -0.342 e. The Kier molecular flexibility index (Phi) is 6.74. The maximum absolute atomic E-state index is 13.0. The number of hydrogen-bond donors (Lipinski definition) is 1. The van der Waals surface area contributed by atoms with E-state index in [0.717, 1.165) is 49.9 Å². The minimum atomic E-state index is -0.282. The zero-order chi connectivity index (χ0) is 19.9. The number of amides is 2. The number of hydrogen-bond acceptors (Lipinski definition) is 3. The van der Waals surface area contributed by atoms with Crippen molar-refractivity contribution in [3.63, 3.8) is 0 Å². The van der Waals surface area contributed by atoms with Crippen molar-refractivity contribution in [2.24, 2.45) is 5.92 Å². The highest BCUT2D eigenvalue weighted by molar-refractivity contribution is 5.87. The van der Waals surface area contributed by atoms with Crippen molar-refractivity contribution in [1.82, 2.24) is 9.88 Å². The summed E-state index contributed by atoms with van der Waals surface area (Å²) in [5.74, 6) is 0.885. The average molecular weight is 383 g/mol. The van der Waals surface area contributed by atoms with E-state index in [9.17, 15) is 14.0 Å². The third-order valence-corrected chi connectivity index (χ3v) is 5.21. The molecule has 2 amide bonds. The average Bonchev–Trinajstić information content (AvgIpc) is 2.68. The number of nitrogens with zero attached hydrogens (tertiary/aromatic N) is 2. The molecule has 0 saturated carbocycles. The van der Waals surface area contributed by atoms with Crippen LogP contribution in [0.15, 0.2) is 42.6 Å². The molecule has 1 fully saturated rings. The van der Waals surface area contributed by atoms with Gasteiger partial charge in [-0.05, 0) is 67.0 Å². The first-order chi connectivity index (χ1) is 13.5. The van der Waals surface area contributed by atoms with E-state index in [4.69, 9.17) is 0 Å². The summed E-state index contributed by atoms with van der Waals surface area (Å²) in [5, 5.41) is 2.71. The van der Waals surface area contributed by atoms with Gasteiger partial charge in [-0.25, -0.2) is 9.37 Å². The highest BCUT2D eigenvalue weighted by atomic mass is 19.1. The first-order valence-electron chi connectivity index (χ1n) is 9.74. The van der Waals surface area contributed by atoms with Gasteiger partial charge in [-0.2, -0.15) is 0 Å². The second-order valence-electron chi connectivity index (χ2n) is 7.40. The Morgan fingerprint density at radius 1 is 1.14 bits per heavy atom. The second kappa shape index (κ2) is 9.44. The molecule has 28 heavy (non-hydrogen) atoms. The van der Waals surface area contributed by atoms with Gasteiger partial charge in [0.1, 0.15) is 11.6 Å². The summed E-state index contributed by atoms with van der Waals surface area (Å²) in [6, 6.07) is 10.0. The normalized spacial score (nSPS) is 14.7. The summed E-state index contributed by atoms with van der Waals surface area (Å²) in [5.41, 5.74) is 2.01. The van der Waals surface area contributed by atoms with Gasteiger partial charge in [-0.1, -0.05) is 12.1 Å². The SMILES string of the molecule is CC(=O)Nc1cc(CCC2CCN(C(=O)Cc3ccc(F)cc3)CC2)ccn1. The zero-order valence-electron chi connectivity index (χ0n) is 16.2. The Bertz CT molecular complexity index is 815. The lowest BCUT2D eigenvalue weighted by molar-refractivity contribution is -0.131. The van der Waals surface area contributed by atoms with Gasteiger partial charge in [0.05, 0.1) is 6.42 Å². The molecule has 1 aromatic heterocycles. The number of benzene rings is 1. The first-order valence-corrected chi connectivity index (χ1v) is 9.74. The second-order valence-corrected chi connectivity index (χ2v) is 7.40. The van der Waals surface area contributed by atoms with Crippen molar-refractivity contribution >= 4 is 17.6 Å². The molecule has 3 rings (SSSR count). The van der Waals surface area contributed by atoms with Crippen LogP contribution in [0.4, 0.5) is 10.2 Å². The van der Waals surface area contributed by atoms with Gasteiger partial charge in [0, 0.05) is 26.2 Å². The number of carbonyl (C=O) groups excluding carboxylic acids is 2. The van der Waals surface area contributed by atoms with Crippen molar-refractivity contribution < 1.29 is 14.0 Å². The Balaban J connectivity index is 1.43. The molecule has 2 aromatic rings. The number of nitrogens with one attached hydrogen (secondary N) is 1. The van der Waals surface area contributed by atoms with Crippen LogP contribution in [0.25, 0.3) is 0 Å². The van der Waals surface area contributed by atoms with E-state index in [1.807, 2.05) is 17.0 Å². The molecule has 148 valence electrons. The summed E-state index contributed by atoms with van der Waals surface area (Å²) >= 11 is 0. The highest BCUT2D eigenvalue weighted by Crippen LogP contribution is 2.23. The van der Waals surface area contributed by atoms with E-state index < -0.39 is 0 Å². The molecule has 0 aliphatic carbocycles.